The van der Waals surface area contributed by atoms with Crippen molar-refractivity contribution < 1.29 is 9.47 Å². The molecule has 1 saturated heterocycles. The molecule has 114 valence electrons. The van der Waals surface area contributed by atoms with E-state index in [1.807, 2.05) is 30.3 Å². The van der Waals surface area contributed by atoms with E-state index in [0.717, 1.165) is 30.3 Å². The highest BCUT2D eigenvalue weighted by Crippen LogP contribution is 2.20. The summed E-state index contributed by atoms with van der Waals surface area (Å²) in [6.07, 6.45) is 0.228. The molecule has 1 atom stereocenters. The van der Waals surface area contributed by atoms with Gasteiger partial charge in [-0.25, -0.2) is 0 Å². The second-order valence-electron chi connectivity index (χ2n) is 5.62. The third kappa shape index (κ3) is 3.61. The van der Waals surface area contributed by atoms with Gasteiger partial charge in [-0.1, -0.05) is 42.5 Å². The van der Waals surface area contributed by atoms with E-state index >= 15 is 0 Å². The molecule has 0 N–H and O–H groups in total. The second-order valence-corrected chi connectivity index (χ2v) is 5.62. The summed E-state index contributed by atoms with van der Waals surface area (Å²) < 4.78 is 11.3. The van der Waals surface area contributed by atoms with Crippen LogP contribution < -0.4 is 4.74 Å². The minimum absolute atomic E-state index is 0.228. The molecule has 0 amide bonds. The summed E-state index contributed by atoms with van der Waals surface area (Å²) in [7, 11) is 0. The molecule has 0 aromatic heterocycles. The summed E-state index contributed by atoms with van der Waals surface area (Å²) in [5.41, 5.74) is 2.42. The van der Waals surface area contributed by atoms with Crippen LogP contribution in [0.5, 0.6) is 5.75 Å². The van der Waals surface area contributed by atoms with Gasteiger partial charge in [0.25, 0.3) is 0 Å². The minimum Gasteiger partial charge on any atom is -0.489 e. The standard InChI is InChI=1S/C19H21NO2/c1-15-12-20(16(2)22-15)13-17-8-10-18(11-9-17)14-21-19-6-4-3-5-7-19/h3-11,15H,2,12-14H2,1H3. The minimum atomic E-state index is 0.228. The molecule has 0 aliphatic carbocycles. The summed E-state index contributed by atoms with van der Waals surface area (Å²) in [4.78, 5) is 2.17. The molecule has 3 nitrogen and oxygen atoms in total. The van der Waals surface area contributed by atoms with Gasteiger partial charge in [-0.15, -0.1) is 0 Å². The first-order valence-electron chi connectivity index (χ1n) is 7.57. The quantitative estimate of drug-likeness (QED) is 0.833. The number of benzene rings is 2. The summed E-state index contributed by atoms with van der Waals surface area (Å²) >= 11 is 0. The first-order valence-corrected chi connectivity index (χ1v) is 7.57. The molecule has 1 heterocycles. The van der Waals surface area contributed by atoms with Crippen LogP contribution in [-0.4, -0.2) is 17.5 Å². The molecule has 0 saturated carbocycles. The van der Waals surface area contributed by atoms with E-state index in [2.05, 4.69) is 42.7 Å². The predicted octanol–water partition coefficient (Wildman–Crippen LogP) is 3.96. The summed E-state index contributed by atoms with van der Waals surface area (Å²) in [5.74, 6) is 1.66. The largest absolute Gasteiger partial charge is 0.489 e. The van der Waals surface area contributed by atoms with Crippen LogP contribution in [0.3, 0.4) is 0 Å². The molecule has 1 aliphatic rings. The van der Waals surface area contributed by atoms with E-state index in [-0.39, 0.29) is 6.10 Å². The predicted molar refractivity (Wildman–Crippen MR) is 87.3 cm³/mol. The summed E-state index contributed by atoms with van der Waals surface area (Å²) in [5, 5.41) is 0. The molecular weight excluding hydrogens is 274 g/mol. The molecule has 1 unspecified atom stereocenters. The summed E-state index contributed by atoms with van der Waals surface area (Å²) in [6.45, 7) is 8.33. The van der Waals surface area contributed by atoms with Crippen molar-refractivity contribution in [3.8, 4) is 5.75 Å². The zero-order chi connectivity index (χ0) is 15.4. The number of nitrogens with zero attached hydrogens (tertiary/aromatic N) is 1. The van der Waals surface area contributed by atoms with Gasteiger partial charge in [-0.3, -0.25) is 0 Å². The Bertz CT molecular complexity index is 622. The van der Waals surface area contributed by atoms with Crippen LogP contribution in [0.4, 0.5) is 0 Å². The molecule has 22 heavy (non-hydrogen) atoms. The lowest BCUT2D eigenvalue weighted by molar-refractivity contribution is 0.175. The molecular formula is C19H21NO2. The topological polar surface area (TPSA) is 21.7 Å². The van der Waals surface area contributed by atoms with Crippen molar-refractivity contribution in [1.82, 2.24) is 4.90 Å². The van der Waals surface area contributed by atoms with E-state index in [4.69, 9.17) is 9.47 Å². The number of para-hydroxylation sites is 1. The Balaban J connectivity index is 1.55. The van der Waals surface area contributed by atoms with Crippen molar-refractivity contribution in [2.75, 3.05) is 6.54 Å². The molecule has 3 rings (SSSR count). The van der Waals surface area contributed by atoms with Gasteiger partial charge in [0, 0.05) is 6.54 Å². The van der Waals surface area contributed by atoms with E-state index in [9.17, 15) is 0 Å². The smallest absolute Gasteiger partial charge is 0.182 e. The van der Waals surface area contributed by atoms with E-state index in [1.54, 1.807) is 0 Å². The highest BCUT2D eigenvalue weighted by Gasteiger charge is 2.22. The van der Waals surface area contributed by atoms with E-state index in [1.165, 1.54) is 5.56 Å². The normalized spacial score (nSPS) is 17.4. The lowest BCUT2D eigenvalue weighted by Crippen LogP contribution is -2.19. The molecule has 2 aromatic carbocycles. The van der Waals surface area contributed by atoms with Crippen LogP contribution in [0.25, 0.3) is 0 Å². The van der Waals surface area contributed by atoms with Crippen molar-refractivity contribution in [3.63, 3.8) is 0 Å². The van der Waals surface area contributed by atoms with Crippen molar-refractivity contribution >= 4 is 0 Å². The van der Waals surface area contributed by atoms with Gasteiger partial charge in [0.05, 0.1) is 6.54 Å². The molecule has 2 aromatic rings. The third-order valence-electron chi connectivity index (χ3n) is 3.71. The fourth-order valence-corrected chi connectivity index (χ4v) is 2.55. The number of rotatable bonds is 5. The van der Waals surface area contributed by atoms with Crippen molar-refractivity contribution in [3.05, 3.63) is 78.2 Å². The SMILES string of the molecule is C=C1OC(C)CN1Cc1ccc(COc2ccccc2)cc1. The van der Waals surface area contributed by atoms with Crippen LogP contribution in [0.2, 0.25) is 0 Å². The van der Waals surface area contributed by atoms with E-state index in [0.29, 0.717) is 6.61 Å². The van der Waals surface area contributed by atoms with Crippen molar-refractivity contribution in [1.29, 1.82) is 0 Å². The first kappa shape index (κ1) is 14.5. The maximum atomic E-state index is 5.75. The van der Waals surface area contributed by atoms with Crippen LogP contribution in [0.1, 0.15) is 18.1 Å². The Morgan fingerprint density at radius 1 is 1.09 bits per heavy atom. The van der Waals surface area contributed by atoms with Crippen LogP contribution in [0, 0.1) is 0 Å². The molecule has 3 heteroatoms. The Hall–Kier alpha value is -2.42. The van der Waals surface area contributed by atoms with Gasteiger partial charge in [0.2, 0.25) is 0 Å². The fourth-order valence-electron chi connectivity index (χ4n) is 2.55. The van der Waals surface area contributed by atoms with Gasteiger partial charge in [0.1, 0.15) is 18.5 Å². The maximum absolute atomic E-state index is 5.75. The Morgan fingerprint density at radius 2 is 1.77 bits per heavy atom. The van der Waals surface area contributed by atoms with Crippen LogP contribution >= 0.6 is 0 Å². The van der Waals surface area contributed by atoms with Crippen LogP contribution in [-0.2, 0) is 17.9 Å². The molecule has 0 radical (unpaired) electrons. The van der Waals surface area contributed by atoms with Crippen LogP contribution in [0.15, 0.2) is 67.1 Å². The molecule has 1 fully saturated rings. The lowest BCUT2D eigenvalue weighted by atomic mass is 10.1. The van der Waals surface area contributed by atoms with Crippen molar-refractivity contribution in [2.24, 2.45) is 0 Å². The summed E-state index contributed by atoms with van der Waals surface area (Å²) in [6, 6.07) is 18.4. The van der Waals surface area contributed by atoms with Gasteiger partial charge in [-0.05, 0) is 36.8 Å². The Labute approximate surface area is 131 Å². The Kier molecular flexibility index (Phi) is 4.33. The molecule has 0 bridgehead atoms. The fraction of sp³-hybridized carbons (Fsp3) is 0.263. The maximum Gasteiger partial charge on any atom is 0.182 e. The third-order valence-corrected chi connectivity index (χ3v) is 3.71. The number of hydrogen-bond acceptors (Lipinski definition) is 3. The van der Waals surface area contributed by atoms with Gasteiger partial charge in [-0.2, -0.15) is 0 Å². The number of ether oxygens (including phenoxy) is 2. The van der Waals surface area contributed by atoms with Gasteiger partial charge < -0.3 is 14.4 Å². The van der Waals surface area contributed by atoms with Gasteiger partial charge in [0.15, 0.2) is 5.88 Å². The average Bonchev–Trinajstić information content (AvgIpc) is 2.85. The zero-order valence-corrected chi connectivity index (χ0v) is 12.9. The second kappa shape index (κ2) is 6.56. The van der Waals surface area contributed by atoms with E-state index < -0.39 is 0 Å². The number of hydrogen-bond donors (Lipinski definition) is 0. The highest BCUT2D eigenvalue weighted by molar-refractivity contribution is 5.25. The molecule has 1 aliphatic heterocycles. The van der Waals surface area contributed by atoms with Gasteiger partial charge >= 0.3 is 0 Å². The zero-order valence-electron chi connectivity index (χ0n) is 12.9. The first-order chi connectivity index (χ1) is 10.7. The van der Waals surface area contributed by atoms with Crippen molar-refractivity contribution in [2.45, 2.75) is 26.2 Å². The Morgan fingerprint density at radius 3 is 2.41 bits per heavy atom. The highest BCUT2D eigenvalue weighted by atomic mass is 16.5. The monoisotopic (exact) mass is 295 g/mol. The lowest BCUT2D eigenvalue weighted by Gasteiger charge is -2.16. The molecule has 0 spiro atoms. The average molecular weight is 295 g/mol.